The Bertz CT molecular complexity index is 250. The molecule has 1 aliphatic heterocycles. The third-order valence-electron chi connectivity index (χ3n) is 3.83. The van der Waals surface area contributed by atoms with Crippen LogP contribution in [0.25, 0.3) is 0 Å². The van der Waals surface area contributed by atoms with E-state index in [1.165, 1.54) is 0 Å². The van der Waals surface area contributed by atoms with Gasteiger partial charge in [0.1, 0.15) is 13.5 Å². The highest BCUT2D eigenvalue weighted by molar-refractivity contribution is 5.79. The molecule has 2 amide bonds. The summed E-state index contributed by atoms with van der Waals surface area (Å²) >= 11 is 0. The predicted octanol–water partition coefficient (Wildman–Crippen LogP) is 1.49. The standard InChI is InChI=1S/C11H22N2O3/c1-10(2)11(3,4)13(8-16-6)9(14)12(10)7-15-5/h7-8H2,1-6H3. The molecule has 0 aromatic rings. The van der Waals surface area contributed by atoms with E-state index in [2.05, 4.69) is 0 Å². The Morgan fingerprint density at radius 3 is 1.50 bits per heavy atom. The average Bonchev–Trinajstić information content (AvgIpc) is 2.30. The van der Waals surface area contributed by atoms with Gasteiger partial charge in [-0.3, -0.25) is 9.80 Å². The van der Waals surface area contributed by atoms with Crippen LogP contribution in [0.1, 0.15) is 27.7 Å². The van der Waals surface area contributed by atoms with Gasteiger partial charge >= 0.3 is 6.03 Å². The average molecular weight is 230 g/mol. The molecule has 1 aliphatic rings. The lowest BCUT2D eigenvalue weighted by atomic mass is 9.83. The molecule has 0 aromatic heterocycles. The Labute approximate surface area is 97.3 Å². The second kappa shape index (κ2) is 4.22. The van der Waals surface area contributed by atoms with Crippen molar-refractivity contribution in [3.05, 3.63) is 0 Å². The maximum Gasteiger partial charge on any atom is 0.324 e. The zero-order valence-corrected chi connectivity index (χ0v) is 11.0. The third kappa shape index (κ3) is 1.68. The molecule has 1 rings (SSSR count). The molecular formula is C11H22N2O3. The Kier molecular flexibility index (Phi) is 3.50. The number of methoxy groups -OCH3 is 2. The molecule has 5 nitrogen and oxygen atoms in total. The zero-order valence-electron chi connectivity index (χ0n) is 11.0. The van der Waals surface area contributed by atoms with Gasteiger partial charge in [0, 0.05) is 14.2 Å². The van der Waals surface area contributed by atoms with Crippen LogP contribution in [0.4, 0.5) is 4.79 Å². The number of urea groups is 1. The van der Waals surface area contributed by atoms with Crippen LogP contribution in [0.5, 0.6) is 0 Å². The third-order valence-corrected chi connectivity index (χ3v) is 3.83. The molecule has 94 valence electrons. The first-order valence-corrected chi connectivity index (χ1v) is 5.37. The maximum absolute atomic E-state index is 12.2. The first kappa shape index (κ1) is 13.3. The van der Waals surface area contributed by atoms with Crippen molar-refractivity contribution in [1.82, 2.24) is 9.80 Å². The fraction of sp³-hybridized carbons (Fsp3) is 0.909. The Morgan fingerprint density at radius 2 is 1.25 bits per heavy atom. The van der Waals surface area contributed by atoms with Crippen molar-refractivity contribution in [3.8, 4) is 0 Å². The molecule has 0 aromatic carbocycles. The summed E-state index contributed by atoms with van der Waals surface area (Å²) in [4.78, 5) is 15.7. The van der Waals surface area contributed by atoms with E-state index in [0.717, 1.165) is 0 Å². The van der Waals surface area contributed by atoms with Gasteiger partial charge in [0.05, 0.1) is 11.1 Å². The summed E-state index contributed by atoms with van der Waals surface area (Å²) in [6.07, 6.45) is 0. The number of hydrogen-bond acceptors (Lipinski definition) is 3. The van der Waals surface area contributed by atoms with Crippen LogP contribution in [-0.4, -0.2) is 54.6 Å². The van der Waals surface area contributed by atoms with E-state index in [9.17, 15) is 4.79 Å². The lowest BCUT2D eigenvalue weighted by Gasteiger charge is -2.41. The van der Waals surface area contributed by atoms with Crippen LogP contribution in [0.3, 0.4) is 0 Å². The topological polar surface area (TPSA) is 42.0 Å². The summed E-state index contributed by atoms with van der Waals surface area (Å²) < 4.78 is 10.2. The van der Waals surface area contributed by atoms with Gasteiger partial charge in [-0.1, -0.05) is 0 Å². The Hall–Kier alpha value is -0.810. The van der Waals surface area contributed by atoms with E-state index in [1.807, 2.05) is 27.7 Å². The molecule has 0 N–H and O–H groups in total. The summed E-state index contributed by atoms with van der Waals surface area (Å²) in [5, 5.41) is 0. The minimum Gasteiger partial charge on any atom is -0.364 e. The minimum absolute atomic E-state index is 0.0429. The van der Waals surface area contributed by atoms with Gasteiger partial charge in [-0.2, -0.15) is 0 Å². The van der Waals surface area contributed by atoms with Crippen molar-refractivity contribution >= 4 is 6.03 Å². The van der Waals surface area contributed by atoms with Gasteiger partial charge in [0.2, 0.25) is 0 Å². The van der Waals surface area contributed by atoms with Crippen molar-refractivity contribution in [2.45, 2.75) is 38.8 Å². The summed E-state index contributed by atoms with van der Waals surface area (Å²) in [6, 6.07) is -0.0429. The number of carbonyl (C=O) groups excluding carboxylic acids is 1. The van der Waals surface area contributed by atoms with Gasteiger partial charge in [-0.15, -0.1) is 0 Å². The van der Waals surface area contributed by atoms with Gasteiger partial charge in [0.25, 0.3) is 0 Å². The molecule has 1 saturated heterocycles. The van der Waals surface area contributed by atoms with Gasteiger partial charge in [0.15, 0.2) is 0 Å². The first-order chi connectivity index (χ1) is 7.30. The maximum atomic E-state index is 12.2. The zero-order chi connectivity index (χ0) is 12.6. The summed E-state index contributed by atoms with van der Waals surface area (Å²) in [7, 11) is 3.19. The van der Waals surface area contributed by atoms with E-state index in [1.54, 1.807) is 24.0 Å². The van der Waals surface area contributed by atoms with Crippen LogP contribution in [0, 0.1) is 0 Å². The summed E-state index contributed by atoms with van der Waals surface area (Å²) in [6.45, 7) is 8.77. The molecule has 0 bridgehead atoms. The van der Waals surface area contributed by atoms with E-state index in [-0.39, 0.29) is 17.1 Å². The van der Waals surface area contributed by atoms with Crippen LogP contribution < -0.4 is 0 Å². The molecule has 0 atom stereocenters. The minimum atomic E-state index is -0.293. The molecule has 0 saturated carbocycles. The second-order valence-electron chi connectivity index (χ2n) is 5.09. The molecular weight excluding hydrogens is 208 g/mol. The molecule has 0 aliphatic carbocycles. The molecule has 16 heavy (non-hydrogen) atoms. The highest BCUT2D eigenvalue weighted by Crippen LogP contribution is 2.40. The molecule has 5 heteroatoms. The van der Waals surface area contributed by atoms with Crippen molar-refractivity contribution in [3.63, 3.8) is 0 Å². The molecule has 0 unspecified atom stereocenters. The van der Waals surface area contributed by atoms with Crippen LogP contribution in [-0.2, 0) is 9.47 Å². The fourth-order valence-electron chi connectivity index (χ4n) is 1.98. The van der Waals surface area contributed by atoms with Crippen LogP contribution in [0.15, 0.2) is 0 Å². The van der Waals surface area contributed by atoms with E-state index >= 15 is 0 Å². The van der Waals surface area contributed by atoms with E-state index < -0.39 is 0 Å². The molecule has 0 spiro atoms. The predicted molar refractivity (Wildman–Crippen MR) is 61.0 cm³/mol. The van der Waals surface area contributed by atoms with Gasteiger partial charge in [-0.25, -0.2) is 4.79 Å². The molecule has 1 heterocycles. The summed E-state index contributed by atoms with van der Waals surface area (Å²) in [5.41, 5.74) is -0.586. The smallest absolute Gasteiger partial charge is 0.324 e. The first-order valence-electron chi connectivity index (χ1n) is 5.37. The Morgan fingerprint density at radius 1 is 0.938 bits per heavy atom. The largest absolute Gasteiger partial charge is 0.364 e. The van der Waals surface area contributed by atoms with E-state index in [4.69, 9.17) is 9.47 Å². The van der Waals surface area contributed by atoms with Crippen molar-refractivity contribution in [1.29, 1.82) is 0 Å². The SMILES string of the molecule is COCN1C(=O)N(COC)C(C)(C)C1(C)C. The summed E-state index contributed by atoms with van der Waals surface area (Å²) in [5.74, 6) is 0. The number of amides is 2. The quantitative estimate of drug-likeness (QED) is 0.734. The van der Waals surface area contributed by atoms with Gasteiger partial charge < -0.3 is 9.47 Å². The van der Waals surface area contributed by atoms with Crippen molar-refractivity contribution in [2.75, 3.05) is 27.7 Å². The normalized spacial score (nSPS) is 23.0. The number of carbonyl (C=O) groups is 1. The van der Waals surface area contributed by atoms with E-state index in [0.29, 0.717) is 13.5 Å². The number of rotatable bonds is 4. The highest BCUT2D eigenvalue weighted by atomic mass is 16.5. The van der Waals surface area contributed by atoms with Crippen molar-refractivity contribution < 1.29 is 14.3 Å². The number of hydrogen-bond donors (Lipinski definition) is 0. The van der Waals surface area contributed by atoms with Crippen LogP contribution in [0.2, 0.25) is 0 Å². The molecule has 1 fully saturated rings. The monoisotopic (exact) mass is 230 g/mol. The Balaban J connectivity index is 3.05. The van der Waals surface area contributed by atoms with Crippen molar-refractivity contribution in [2.24, 2.45) is 0 Å². The lowest BCUT2D eigenvalue weighted by molar-refractivity contribution is 0.00920. The highest BCUT2D eigenvalue weighted by Gasteiger charge is 2.56. The second-order valence-corrected chi connectivity index (χ2v) is 5.09. The number of ether oxygens (including phenoxy) is 2. The fourth-order valence-corrected chi connectivity index (χ4v) is 1.98. The lowest BCUT2D eigenvalue weighted by Crippen LogP contribution is -2.54. The molecule has 0 radical (unpaired) electrons. The number of nitrogens with zero attached hydrogens (tertiary/aromatic N) is 2. The van der Waals surface area contributed by atoms with Gasteiger partial charge in [-0.05, 0) is 27.7 Å². The van der Waals surface area contributed by atoms with Crippen LogP contribution >= 0.6 is 0 Å².